The van der Waals surface area contributed by atoms with Crippen LogP contribution in [0.3, 0.4) is 0 Å². The number of aliphatic hydroxyl groups excluding tert-OH is 1. The highest BCUT2D eigenvalue weighted by atomic mass is 19.4. The normalized spacial score (nSPS) is 29.1. The van der Waals surface area contributed by atoms with Gasteiger partial charge in [-0.2, -0.15) is 13.2 Å². The molecule has 4 heteroatoms. The fourth-order valence-electron chi connectivity index (χ4n) is 3.26. The van der Waals surface area contributed by atoms with E-state index in [-0.39, 0.29) is 18.3 Å². The molecule has 0 heterocycles. The first-order valence-corrected chi connectivity index (χ1v) is 5.11. The summed E-state index contributed by atoms with van der Waals surface area (Å²) in [5, 5.41) is 8.90. The molecule has 0 unspecified atom stereocenters. The van der Waals surface area contributed by atoms with Crippen molar-refractivity contribution in [3.8, 4) is 0 Å². The Hall–Kier alpha value is -0.250. The van der Waals surface area contributed by atoms with E-state index in [9.17, 15) is 13.2 Å². The Bertz CT molecular complexity index is 220. The number of rotatable bonds is 1. The van der Waals surface area contributed by atoms with E-state index in [1.54, 1.807) is 0 Å². The van der Waals surface area contributed by atoms with Crippen LogP contribution in [-0.2, 0) is 0 Å². The fraction of sp³-hybridized carbons (Fsp3) is 1.00. The lowest BCUT2D eigenvalue weighted by Crippen LogP contribution is -2.56. The maximum Gasteiger partial charge on any atom is 0.396 e. The molecule has 0 atom stereocenters. The Labute approximate surface area is 81.3 Å². The minimum Gasteiger partial charge on any atom is -0.395 e. The van der Waals surface area contributed by atoms with Crippen molar-refractivity contribution >= 4 is 0 Å². The van der Waals surface area contributed by atoms with Crippen molar-refractivity contribution in [3.05, 3.63) is 0 Å². The lowest BCUT2D eigenvalue weighted by atomic mass is 9.52. The number of hydrogen-bond acceptors (Lipinski definition) is 1. The third kappa shape index (κ3) is 1.27. The van der Waals surface area contributed by atoms with Gasteiger partial charge in [0.25, 0.3) is 0 Å². The summed E-state index contributed by atoms with van der Waals surface area (Å²) in [6.45, 7) is -0.738. The highest BCUT2D eigenvalue weighted by molar-refractivity contribution is 5.08. The summed E-state index contributed by atoms with van der Waals surface area (Å²) in [5.74, 6) is 0. The van der Waals surface area contributed by atoms with Crippen LogP contribution >= 0.6 is 0 Å². The minimum atomic E-state index is -4.23. The van der Waals surface area contributed by atoms with Gasteiger partial charge in [0.2, 0.25) is 0 Å². The largest absolute Gasteiger partial charge is 0.396 e. The van der Waals surface area contributed by atoms with E-state index in [2.05, 4.69) is 0 Å². The molecule has 0 amide bonds. The molecule has 0 aromatic rings. The summed E-state index contributed by atoms with van der Waals surface area (Å²) in [4.78, 5) is 0. The molecule has 2 aliphatic carbocycles. The van der Waals surface area contributed by atoms with Crippen LogP contribution in [-0.4, -0.2) is 17.9 Å². The highest BCUT2D eigenvalue weighted by Gasteiger charge is 2.67. The Morgan fingerprint density at radius 1 is 1.07 bits per heavy atom. The molecular formula is C10H15F3O. The van der Waals surface area contributed by atoms with Crippen LogP contribution in [0.2, 0.25) is 0 Å². The Morgan fingerprint density at radius 3 is 1.93 bits per heavy atom. The minimum absolute atomic E-state index is 0.0712. The molecule has 0 saturated heterocycles. The van der Waals surface area contributed by atoms with E-state index in [1.807, 2.05) is 0 Å². The van der Waals surface area contributed by atoms with Gasteiger partial charge >= 0.3 is 6.18 Å². The molecule has 2 rings (SSSR count). The molecule has 2 saturated carbocycles. The zero-order valence-electron chi connectivity index (χ0n) is 8.03. The van der Waals surface area contributed by atoms with E-state index in [1.165, 1.54) is 0 Å². The first kappa shape index (κ1) is 10.3. The number of hydrogen-bond donors (Lipinski definition) is 1. The van der Waals surface area contributed by atoms with E-state index in [0.717, 1.165) is 25.7 Å². The van der Waals surface area contributed by atoms with Gasteiger partial charge in [-0.1, -0.05) is 12.8 Å². The van der Waals surface area contributed by atoms with Crippen molar-refractivity contribution < 1.29 is 18.3 Å². The van der Waals surface area contributed by atoms with Gasteiger partial charge in [-0.15, -0.1) is 0 Å². The van der Waals surface area contributed by atoms with Crippen molar-refractivity contribution in [3.63, 3.8) is 0 Å². The molecule has 0 radical (unpaired) electrons. The average Bonchev–Trinajstić information content (AvgIpc) is 2.46. The lowest BCUT2D eigenvalue weighted by molar-refractivity contribution is -0.292. The van der Waals surface area contributed by atoms with Gasteiger partial charge < -0.3 is 5.11 Å². The Kier molecular flexibility index (Phi) is 2.11. The Balaban J connectivity index is 2.07. The SMILES string of the molecule is OCC1(C(F)(F)F)CC2(CCCC2)C1. The van der Waals surface area contributed by atoms with Crippen LogP contribution in [0.5, 0.6) is 0 Å². The molecule has 1 spiro atoms. The zero-order valence-corrected chi connectivity index (χ0v) is 8.03. The third-order valence-electron chi connectivity index (χ3n) is 3.99. The van der Waals surface area contributed by atoms with Gasteiger partial charge in [-0.05, 0) is 31.1 Å². The van der Waals surface area contributed by atoms with Crippen molar-refractivity contribution in [1.29, 1.82) is 0 Å². The maximum atomic E-state index is 12.6. The quantitative estimate of drug-likeness (QED) is 0.702. The van der Waals surface area contributed by atoms with Crippen LogP contribution in [0.1, 0.15) is 38.5 Å². The maximum absolute atomic E-state index is 12.6. The number of halogens is 3. The first-order chi connectivity index (χ1) is 6.43. The topological polar surface area (TPSA) is 20.2 Å². The van der Waals surface area contributed by atoms with E-state index < -0.39 is 18.2 Å². The van der Waals surface area contributed by atoms with Gasteiger partial charge in [0.15, 0.2) is 0 Å². The van der Waals surface area contributed by atoms with E-state index in [0.29, 0.717) is 0 Å². The summed E-state index contributed by atoms with van der Waals surface area (Å²) < 4.78 is 37.9. The molecule has 82 valence electrons. The summed E-state index contributed by atoms with van der Waals surface area (Å²) >= 11 is 0. The van der Waals surface area contributed by atoms with Crippen molar-refractivity contribution in [1.82, 2.24) is 0 Å². The van der Waals surface area contributed by atoms with Crippen molar-refractivity contribution in [2.75, 3.05) is 6.61 Å². The van der Waals surface area contributed by atoms with E-state index >= 15 is 0 Å². The molecule has 1 N–H and O–H groups in total. The van der Waals surface area contributed by atoms with Crippen LogP contribution in [0.4, 0.5) is 13.2 Å². The molecule has 2 aliphatic rings. The van der Waals surface area contributed by atoms with Crippen LogP contribution < -0.4 is 0 Å². The molecule has 2 fully saturated rings. The van der Waals surface area contributed by atoms with Gasteiger partial charge in [0.05, 0.1) is 12.0 Å². The fourth-order valence-corrected chi connectivity index (χ4v) is 3.26. The monoisotopic (exact) mass is 208 g/mol. The first-order valence-electron chi connectivity index (χ1n) is 5.11. The molecule has 0 aromatic heterocycles. The predicted octanol–water partition coefficient (Wildman–Crippen LogP) is 2.88. The molecule has 0 bridgehead atoms. The summed E-state index contributed by atoms with van der Waals surface area (Å²) in [6, 6.07) is 0. The lowest BCUT2D eigenvalue weighted by Gasteiger charge is -2.54. The summed E-state index contributed by atoms with van der Waals surface area (Å²) in [6.07, 6.45) is 0.0317. The van der Waals surface area contributed by atoms with Gasteiger partial charge in [0, 0.05) is 0 Å². The molecular weight excluding hydrogens is 193 g/mol. The second-order valence-corrected chi connectivity index (χ2v) is 5.00. The van der Waals surface area contributed by atoms with Gasteiger partial charge in [0.1, 0.15) is 0 Å². The number of alkyl halides is 3. The van der Waals surface area contributed by atoms with Crippen molar-refractivity contribution in [2.24, 2.45) is 10.8 Å². The van der Waals surface area contributed by atoms with Crippen LogP contribution in [0.25, 0.3) is 0 Å². The van der Waals surface area contributed by atoms with E-state index in [4.69, 9.17) is 5.11 Å². The van der Waals surface area contributed by atoms with Crippen LogP contribution in [0, 0.1) is 10.8 Å². The van der Waals surface area contributed by atoms with Crippen molar-refractivity contribution in [2.45, 2.75) is 44.7 Å². The Morgan fingerprint density at radius 2 is 1.57 bits per heavy atom. The second-order valence-electron chi connectivity index (χ2n) is 5.00. The smallest absolute Gasteiger partial charge is 0.395 e. The number of aliphatic hydroxyl groups is 1. The molecule has 0 aliphatic heterocycles. The third-order valence-corrected chi connectivity index (χ3v) is 3.99. The molecule has 1 nitrogen and oxygen atoms in total. The molecule has 14 heavy (non-hydrogen) atoms. The predicted molar refractivity (Wildman–Crippen MR) is 45.7 cm³/mol. The van der Waals surface area contributed by atoms with Gasteiger partial charge in [-0.25, -0.2) is 0 Å². The average molecular weight is 208 g/mol. The van der Waals surface area contributed by atoms with Gasteiger partial charge in [-0.3, -0.25) is 0 Å². The highest BCUT2D eigenvalue weighted by Crippen LogP contribution is 2.67. The zero-order chi connectivity index (χ0) is 10.4. The van der Waals surface area contributed by atoms with Crippen LogP contribution in [0.15, 0.2) is 0 Å². The summed E-state index contributed by atoms with van der Waals surface area (Å²) in [5.41, 5.74) is -1.84. The standard InChI is InChI=1S/C10H15F3O/c11-10(12,13)9(7-14)5-8(6-9)3-1-2-4-8/h14H,1-7H2. The summed E-state index contributed by atoms with van der Waals surface area (Å²) in [7, 11) is 0. The molecule has 0 aromatic carbocycles. The second kappa shape index (κ2) is 2.87.